The topological polar surface area (TPSA) is 77.5 Å². The van der Waals surface area contributed by atoms with Gasteiger partial charge < -0.3 is 24.1 Å². The number of carboxylic acids is 1. The molecule has 2 aromatic carbocycles. The largest absolute Gasteiger partial charge is 0.490 e. The highest BCUT2D eigenvalue weighted by atomic mass is 16.5. The average Bonchev–Trinajstić information content (AvgIpc) is 2.83. The van der Waals surface area contributed by atoms with E-state index in [0.717, 1.165) is 55.1 Å². The average molecular weight is 482 g/mol. The maximum Gasteiger partial charge on any atom is 0.341 e. The molecule has 7 nitrogen and oxygen atoms in total. The van der Waals surface area contributed by atoms with Gasteiger partial charge in [-0.1, -0.05) is 30.3 Å². The summed E-state index contributed by atoms with van der Waals surface area (Å²) in [6.07, 6.45) is 2.22. The highest BCUT2D eigenvalue weighted by Gasteiger charge is 2.51. The molecule has 4 atom stereocenters. The number of benzene rings is 2. The van der Waals surface area contributed by atoms with Gasteiger partial charge in [-0.3, -0.25) is 4.90 Å². The quantitative estimate of drug-likeness (QED) is 0.615. The predicted octanol–water partition coefficient (Wildman–Crippen LogP) is 4.69. The van der Waals surface area contributed by atoms with E-state index in [4.69, 9.17) is 24.1 Å². The van der Waals surface area contributed by atoms with Crippen LogP contribution in [0.4, 0.5) is 0 Å². The fraction of sp³-hybridized carbons (Fsp3) is 0.536. The number of carboxylic acid groups (broad SMARTS) is 1. The van der Waals surface area contributed by atoms with Crippen LogP contribution in [-0.4, -0.2) is 54.0 Å². The molecule has 2 saturated heterocycles. The highest BCUT2D eigenvalue weighted by molar-refractivity contribution is 5.68. The molecule has 3 aliphatic rings. The van der Waals surface area contributed by atoms with Gasteiger partial charge in [0.25, 0.3) is 0 Å². The second-order valence-corrected chi connectivity index (χ2v) is 10.3. The van der Waals surface area contributed by atoms with Gasteiger partial charge in [-0.15, -0.1) is 0 Å². The van der Waals surface area contributed by atoms with Crippen LogP contribution in [0.1, 0.15) is 50.8 Å². The first-order valence-electron chi connectivity index (χ1n) is 12.6. The molecule has 188 valence electrons. The van der Waals surface area contributed by atoms with Crippen molar-refractivity contribution >= 4 is 5.97 Å². The Labute approximate surface area is 206 Å². The molecule has 0 unspecified atom stereocenters. The van der Waals surface area contributed by atoms with Crippen LogP contribution in [0.3, 0.4) is 0 Å². The molecule has 0 bridgehead atoms. The molecule has 3 heterocycles. The fourth-order valence-electron chi connectivity index (χ4n) is 5.94. The number of ether oxygens (including phenoxy) is 4. The Hall–Kier alpha value is -2.77. The van der Waals surface area contributed by atoms with E-state index in [1.54, 1.807) is 0 Å². The number of piperidine rings is 1. The lowest BCUT2D eigenvalue weighted by atomic mass is 9.70. The highest BCUT2D eigenvalue weighted by Crippen LogP contribution is 2.55. The first-order chi connectivity index (χ1) is 16.9. The summed E-state index contributed by atoms with van der Waals surface area (Å²) in [4.78, 5) is 13.4. The number of nitrogens with zero attached hydrogens (tertiary/aromatic N) is 1. The number of carbonyl (C=O) groups is 1. The third-order valence-corrected chi connectivity index (χ3v) is 7.58. The van der Waals surface area contributed by atoms with Crippen molar-refractivity contribution in [1.29, 1.82) is 0 Å². The van der Waals surface area contributed by atoms with E-state index < -0.39 is 5.97 Å². The minimum atomic E-state index is -0.971. The molecule has 0 amide bonds. The lowest BCUT2D eigenvalue weighted by Crippen LogP contribution is -2.55. The predicted molar refractivity (Wildman–Crippen MR) is 131 cm³/mol. The van der Waals surface area contributed by atoms with E-state index >= 15 is 0 Å². The maximum absolute atomic E-state index is 11.0. The van der Waals surface area contributed by atoms with Gasteiger partial charge in [0, 0.05) is 36.7 Å². The number of rotatable bonds is 7. The van der Waals surface area contributed by atoms with Crippen LogP contribution in [0, 0.1) is 11.8 Å². The van der Waals surface area contributed by atoms with Gasteiger partial charge in [0.2, 0.25) is 0 Å². The zero-order valence-electron chi connectivity index (χ0n) is 20.7. The van der Waals surface area contributed by atoms with Crippen LogP contribution in [-0.2, 0) is 16.1 Å². The van der Waals surface area contributed by atoms with Crippen LogP contribution in [0.25, 0.3) is 0 Å². The van der Waals surface area contributed by atoms with Crippen molar-refractivity contribution in [2.75, 3.05) is 26.3 Å². The zero-order valence-corrected chi connectivity index (χ0v) is 20.7. The van der Waals surface area contributed by atoms with Gasteiger partial charge in [-0.25, -0.2) is 4.79 Å². The van der Waals surface area contributed by atoms with Gasteiger partial charge in [0.1, 0.15) is 11.4 Å². The van der Waals surface area contributed by atoms with E-state index in [2.05, 4.69) is 24.8 Å². The van der Waals surface area contributed by atoms with Crippen molar-refractivity contribution in [1.82, 2.24) is 4.90 Å². The Kier molecular flexibility index (Phi) is 6.64. The van der Waals surface area contributed by atoms with Crippen LogP contribution >= 0.6 is 0 Å². The molecule has 0 aromatic heterocycles. The molecule has 2 aromatic rings. The van der Waals surface area contributed by atoms with Crippen LogP contribution in [0.15, 0.2) is 42.5 Å². The molecule has 35 heavy (non-hydrogen) atoms. The van der Waals surface area contributed by atoms with E-state index in [0.29, 0.717) is 18.3 Å². The first-order valence-corrected chi connectivity index (χ1v) is 12.6. The summed E-state index contributed by atoms with van der Waals surface area (Å²) < 4.78 is 24.8. The fourth-order valence-corrected chi connectivity index (χ4v) is 5.94. The van der Waals surface area contributed by atoms with Gasteiger partial charge in [0.05, 0.1) is 18.8 Å². The second-order valence-electron chi connectivity index (χ2n) is 10.3. The summed E-state index contributed by atoms with van der Waals surface area (Å²) in [6, 6.07) is 13.8. The molecular formula is C28H35NO6. The number of likely N-dealkylation sites (tertiary alicyclic amines) is 1. The summed E-state index contributed by atoms with van der Waals surface area (Å²) >= 11 is 0. The Morgan fingerprint density at radius 1 is 1.14 bits per heavy atom. The van der Waals surface area contributed by atoms with Gasteiger partial charge in [0.15, 0.2) is 18.1 Å². The van der Waals surface area contributed by atoms with Gasteiger partial charge >= 0.3 is 5.97 Å². The summed E-state index contributed by atoms with van der Waals surface area (Å²) in [5.74, 6) is 1.95. The van der Waals surface area contributed by atoms with Crippen molar-refractivity contribution in [3.05, 3.63) is 53.6 Å². The number of fused-ring (bicyclic) bond motifs is 4. The van der Waals surface area contributed by atoms with E-state index in [1.165, 1.54) is 0 Å². The lowest BCUT2D eigenvalue weighted by molar-refractivity contribution is -0.188. The third kappa shape index (κ3) is 4.84. The molecule has 0 saturated carbocycles. The SMILES string of the molecule is CCOc1cccc2c1OC(C)(C)[C@H]1C[C@H]3CN(Cc4ccccc4OCC(=O)O)CC[C@@H]3O[C@H]21. The second kappa shape index (κ2) is 9.70. The third-order valence-electron chi connectivity index (χ3n) is 7.58. The maximum atomic E-state index is 11.0. The smallest absolute Gasteiger partial charge is 0.341 e. The summed E-state index contributed by atoms with van der Waals surface area (Å²) in [5.41, 5.74) is 1.75. The summed E-state index contributed by atoms with van der Waals surface area (Å²) in [5, 5.41) is 8.99. The summed E-state index contributed by atoms with van der Waals surface area (Å²) in [6.45, 7) is 9.17. The van der Waals surface area contributed by atoms with Crippen molar-refractivity contribution < 1.29 is 28.8 Å². The minimum absolute atomic E-state index is 0.00657. The monoisotopic (exact) mass is 481 g/mol. The number of para-hydroxylation sites is 2. The van der Waals surface area contributed by atoms with Gasteiger partial charge in [-0.05, 0) is 51.7 Å². The zero-order chi connectivity index (χ0) is 24.6. The lowest BCUT2D eigenvalue weighted by Gasteiger charge is -2.53. The number of hydrogen-bond acceptors (Lipinski definition) is 6. The van der Waals surface area contributed by atoms with Crippen LogP contribution in [0.2, 0.25) is 0 Å². The van der Waals surface area contributed by atoms with Crippen molar-refractivity contribution in [2.24, 2.45) is 11.8 Å². The Morgan fingerprint density at radius 2 is 1.94 bits per heavy atom. The van der Waals surface area contributed by atoms with Crippen molar-refractivity contribution in [2.45, 2.75) is 58.0 Å². The molecule has 5 rings (SSSR count). The molecule has 7 heteroatoms. The van der Waals surface area contributed by atoms with Crippen molar-refractivity contribution in [3.8, 4) is 17.2 Å². The Balaban J connectivity index is 1.31. The normalized spacial score (nSPS) is 27.1. The molecule has 1 N–H and O–H groups in total. The number of hydrogen-bond donors (Lipinski definition) is 1. The summed E-state index contributed by atoms with van der Waals surface area (Å²) in [7, 11) is 0. The number of aliphatic carboxylic acids is 1. The standard InChI is InChI=1S/C28H35NO6/c1-4-32-24-11-7-9-20-26-21(28(2,3)35-27(20)24)14-19-16-29(13-12-23(19)34-26)15-18-8-5-6-10-22(18)33-17-25(30)31/h5-11,19,21,23,26H,4,12-17H2,1-3H3,(H,30,31)/t19-,21-,23-,26+/m0/s1. The van der Waals surface area contributed by atoms with Gasteiger partial charge in [-0.2, -0.15) is 0 Å². The molecule has 2 fully saturated rings. The molecule has 0 aliphatic carbocycles. The minimum Gasteiger partial charge on any atom is -0.490 e. The van der Waals surface area contributed by atoms with Crippen LogP contribution < -0.4 is 14.2 Å². The Morgan fingerprint density at radius 3 is 2.74 bits per heavy atom. The molecule has 0 radical (unpaired) electrons. The molecule has 0 spiro atoms. The molecule has 3 aliphatic heterocycles. The van der Waals surface area contributed by atoms with E-state index in [9.17, 15) is 4.79 Å². The van der Waals surface area contributed by atoms with E-state index in [1.807, 2.05) is 43.3 Å². The first kappa shape index (κ1) is 23.9. The van der Waals surface area contributed by atoms with E-state index in [-0.39, 0.29) is 30.3 Å². The molecular weight excluding hydrogens is 446 g/mol. The van der Waals surface area contributed by atoms with Crippen molar-refractivity contribution in [3.63, 3.8) is 0 Å². The Bertz CT molecular complexity index is 1070. The van der Waals surface area contributed by atoms with Crippen LogP contribution in [0.5, 0.6) is 17.2 Å².